The first-order chi connectivity index (χ1) is 4.04. The molecule has 3 heteroatoms. The number of allylic oxidation sites excluding steroid dienone is 2. The Morgan fingerprint density at radius 3 is 1.89 bits per heavy atom. The molecule has 0 aromatic heterocycles. The fourth-order valence-corrected chi connectivity index (χ4v) is 0.263. The molecule has 0 aliphatic carbocycles. The molecule has 0 aliphatic rings. The van der Waals surface area contributed by atoms with Crippen LogP contribution >= 0.6 is 0 Å². The first kappa shape index (κ1) is 7.88. The van der Waals surface area contributed by atoms with E-state index in [0.29, 0.717) is 0 Å². The molecular weight excluding hydrogens is 115 g/mol. The second-order valence-corrected chi connectivity index (χ2v) is 1.54. The van der Waals surface area contributed by atoms with E-state index in [4.69, 9.17) is 18.1 Å². The summed E-state index contributed by atoms with van der Waals surface area (Å²) < 4.78 is 0. The van der Waals surface area contributed by atoms with E-state index < -0.39 is 0 Å². The Balaban J connectivity index is 4.17. The van der Waals surface area contributed by atoms with Crippen molar-refractivity contribution < 1.29 is 10.2 Å². The molecule has 0 fully saturated rings. The molecule has 0 unspecified atom stereocenters. The van der Waals surface area contributed by atoms with Crippen LogP contribution in [0.25, 0.3) is 0 Å². The maximum Gasteiger partial charge on any atom is 0.119 e. The van der Waals surface area contributed by atoms with Crippen molar-refractivity contribution in [3.05, 3.63) is 36.2 Å². The van der Waals surface area contributed by atoms with Crippen molar-refractivity contribution >= 4 is 7.85 Å². The Labute approximate surface area is 55.2 Å². The molecule has 46 valence electrons. The molecule has 9 heavy (non-hydrogen) atoms. The van der Waals surface area contributed by atoms with E-state index in [0.717, 1.165) is 6.08 Å². The van der Waals surface area contributed by atoms with Gasteiger partial charge in [-0.3, -0.25) is 0 Å². The van der Waals surface area contributed by atoms with E-state index >= 15 is 0 Å². The van der Waals surface area contributed by atoms with Crippen molar-refractivity contribution in [1.82, 2.24) is 0 Å². The van der Waals surface area contributed by atoms with Gasteiger partial charge in [0.25, 0.3) is 0 Å². The smallest absolute Gasteiger partial charge is 0.119 e. The van der Waals surface area contributed by atoms with Crippen molar-refractivity contribution in [2.45, 2.75) is 0 Å². The van der Waals surface area contributed by atoms with Gasteiger partial charge in [0, 0.05) is 0 Å². The largest absolute Gasteiger partial charge is 0.509 e. The first-order valence-electron chi connectivity index (χ1n) is 2.27. The van der Waals surface area contributed by atoms with Crippen LogP contribution in [-0.4, -0.2) is 18.1 Å². The summed E-state index contributed by atoms with van der Waals surface area (Å²) in [7, 11) is 5.11. The lowest BCUT2D eigenvalue weighted by Gasteiger charge is -1.95. The van der Waals surface area contributed by atoms with Gasteiger partial charge in [0.1, 0.15) is 19.4 Å². The molecule has 0 aromatic rings. The van der Waals surface area contributed by atoms with E-state index in [2.05, 4.69) is 13.2 Å². The highest BCUT2D eigenvalue weighted by Crippen LogP contribution is 2.00. The first-order valence-corrected chi connectivity index (χ1v) is 2.27. The molecule has 0 bridgehead atoms. The van der Waals surface area contributed by atoms with Crippen LogP contribution in [0.4, 0.5) is 0 Å². The molecule has 2 nitrogen and oxygen atoms in total. The molecule has 0 saturated carbocycles. The zero-order chi connectivity index (χ0) is 7.44. The van der Waals surface area contributed by atoms with Crippen molar-refractivity contribution in [3.63, 3.8) is 0 Å². The molecule has 2 radical (unpaired) electrons. The van der Waals surface area contributed by atoms with E-state index in [1.54, 1.807) is 0 Å². The summed E-state index contributed by atoms with van der Waals surface area (Å²) in [5, 5.41) is 17.0. The van der Waals surface area contributed by atoms with Gasteiger partial charge in [-0.05, 0) is 6.08 Å². The van der Waals surface area contributed by atoms with Crippen LogP contribution in [-0.2, 0) is 0 Å². The van der Waals surface area contributed by atoms with Crippen LogP contribution in [0.3, 0.4) is 0 Å². The highest BCUT2D eigenvalue weighted by atomic mass is 16.3. The molecule has 0 aromatic carbocycles. The lowest BCUT2D eigenvalue weighted by Crippen LogP contribution is -1.86. The predicted molar refractivity (Wildman–Crippen MR) is 37.4 cm³/mol. The minimum Gasteiger partial charge on any atom is -0.509 e. The monoisotopic (exact) mass is 122 g/mol. The van der Waals surface area contributed by atoms with E-state index in [1.165, 1.54) is 0 Å². The van der Waals surface area contributed by atoms with E-state index in [9.17, 15) is 0 Å². The second kappa shape index (κ2) is 3.02. The topological polar surface area (TPSA) is 40.5 Å². The summed E-state index contributed by atoms with van der Waals surface area (Å²) in [6.45, 7) is 6.24. The van der Waals surface area contributed by atoms with Gasteiger partial charge < -0.3 is 10.2 Å². The SMILES string of the molecule is [B]/C(=C/C(=C)O)C(=C)O. The molecule has 0 saturated heterocycles. The highest BCUT2D eigenvalue weighted by Gasteiger charge is 1.90. The molecule has 0 aliphatic heterocycles. The van der Waals surface area contributed by atoms with Crippen LogP contribution in [0.1, 0.15) is 0 Å². The quantitative estimate of drug-likeness (QED) is 0.328. The predicted octanol–water partition coefficient (Wildman–Crippen LogP) is 1.18. The van der Waals surface area contributed by atoms with Gasteiger partial charge in [0.15, 0.2) is 0 Å². The molecule has 0 amide bonds. The Morgan fingerprint density at radius 2 is 1.78 bits per heavy atom. The molecule has 0 rings (SSSR count). The standard InChI is InChI=1S/C6H7BO2/c1-4(8)3-6(7)5(2)9/h3,8-9H,1-2H2/b6-3+. The Hall–Kier alpha value is -1.12. The lowest BCUT2D eigenvalue weighted by atomic mass is 9.94. The van der Waals surface area contributed by atoms with Gasteiger partial charge in [-0.25, -0.2) is 0 Å². The Kier molecular flexibility index (Phi) is 2.65. The normalized spacial score (nSPS) is 10.9. The van der Waals surface area contributed by atoms with E-state index in [1.807, 2.05) is 0 Å². The summed E-state index contributed by atoms with van der Waals surface area (Å²) in [5.41, 5.74) is 0.0162. The van der Waals surface area contributed by atoms with Crippen LogP contribution in [0.15, 0.2) is 36.2 Å². The highest BCUT2D eigenvalue weighted by molar-refractivity contribution is 6.24. The number of hydrogen-bond donors (Lipinski definition) is 2. The van der Waals surface area contributed by atoms with Crippen LogP contribution < -0.4 is 0 Å². The molecular formula is C6H7BO2. The summed E-state index contributed by atoms with van der Waals surface area (Å²) >= 11 is 0. The van der Waals surface area contributed by atoms with Crippen LogP contribution in [0.2, 0.25) is 0 Å². The summed E-state index contributed by atoms with van der Waals surface area (Å²) in [4.78, 5) is 0. The van der Waals surface area contributed by atoms with Crippen LogP contribution in [0, 0.1) is 0 Å². The van der Waals surface area contributed by atoms with Gasteiger partial charge in [-0.15, -0.1) is 0 Å². The van der Waals surface area contributed by atoms with Gasteiger partial charge in [-0.2, -0.15) is 0 Å². The second-order valence-electron chi connectivity index (χ2n) is 1.54. The molecule has 2 N–H and O–H groups in total. The lowest BCUT2D eigenvalue weighted by molar-refractivity contribution is 0.422. The Morgan fingerprint density at radius 1 is 1.33 bits per heavy atom. The maximum atomic E-state index is 8.53. The van der Waals surface area contributed by atoms with Gasteiger partial charge in [-0.1, -0.05) is 18.6 Å². The number of rotatable bonds is 2. The third kappa shape index (κ3) is 3.47. The summed E-state index contributed by atoms with van der Waals surface area (Å²) in [6.07, 6.45) is 1.11. The third-order valence-electron chi connectivity index (χ3n) is 0.655. The van der Waals surface area contributed by atoms with Crippen molar-refractivity contribution in [3.8, 4) is 0 Å². The minimum absolute atomic E-state index is 0.0162. The van der Waals surface area contributed by atoms with Gasteiger partial charge in [0.2, 0.25) is 0 Å². The molecule has 0 heterocycles. The molecule has 0 atom stereocenters. The van der Waals surface area contributed by atoms with Crippen molar-refractivity contribution in [2.24, 2.45) is 0 Å². The minimum atomic E-state index is -0.273. The zero-order valence-corrected chi connectivity index (χ0v) is 4.96. The number of hydrogen-bond acceptors (Lipinski definition) is 2. The fourth-order valence-electron chi connectivity index (χ4n) is 0.263. The zero-order valence-electron chi connectivity index (χ0n) is 4.96. The fraction of sp³-hybridized carbons (Fsp3) is 0. The molecule has 0 spiro atoms. The average Bonchev–Trinajstić information content (AvgIpc) is 1.63. The third-order valence-corrected chi connectivity index (χ3v) is 0.655. The maximum absolute atomic E-state index is 8.53. The number of aliphatic hydroxyl groups is 2. The Bertz CT molecular complexity index is 170. The van der Waals surface area contributed by atoms with Crippen molar-refractivity contribution in [1.29, 1.82) is 0 Å². The van der Waals surface area contributed by atoms with Gasteiger partial charge in [0.05, 0.1) is 0 Å². The average molecular weight is 122 g/mol. The van der Waals surface area contributed by atoms with Gasteiger partial charge >= 0.3 is 0 Å². The number of aliphatic hydroxyl groups excluding tert-OH is 2. The van der Waals surface area contributed by atoms with Crippen LogP contribution in [0.5, 0.6) is 0 Å². The van der Waals surface area contributed by atoms with Crippen molar-refractivity contribution in [2.75, 3.05) is 0 Å². The summed E-state index contributed by atoms with van der Waals surface area (Å²) in [6, 6.07) is 0. The summed E-state index contributed by atoms with van der Waals surface area (Å²) in [5.74, 6) is -0.479. The van der Waals surface area contributed by atoms with E-state index in [-0.39, 0.29) is 17.0 Å².